The van der Waals surface area contributed by atoms with Crippen LogP contribution in [0.15, 0.2) is 12.5 Å². The molecule has 1 amide bonds. The second-order valence-corrected chi connectivity index (χ2v) is 4.40. The molecule has 0 aliphatic heterocycles. The van der Waals surface area contributed by atoms with Gasteiger partial charge in [-0.25, -0.2) is 4.98 Å². The van der Waals surface area contributed by atoms with Crippen molar-refractivity contribution in [2.75, 3.05) is 27.2 Å². The van der Waals surface area contributed by atoms with E-state index in [2.05, 4.69) is 9.72 Å². The third kappa shape index (κ3) is 4.06. The summed E-state index contributed by atoms with van der Waals surface area (Å²) in [5.41, 5.74) is 5.77. The van der Waals surface area contributed by atoms with Crippen LogP contribution < -0.4 is 5.73 Å². The Morgan fingerprint density at radius 2 is 2.26 bits per heavy atom. The number of carbonyl (C=O) groups is 2. The van der Waals surface area contributed by atoms with Gasteiger partial charge in [0.25, 0.3) is 5.91 Å². The Balaban J connectivity index is 2.63. The largest absolute Gasteiger partial charge is 0.469 e. The van der Waals surface area contributed by atoms with Gasteiger partial charge in [-0.05, 0) is 0 Å². The van der Waals surface area contributed by atoms with E-state index in [9.17, 15) is 9.59 Å². The van der Waals surface area contributed by atoms with Gasteiger partial charge < -0.3 is 19.9 Å². The lowest BCUT2D eigenvalue weighted by Crippen LogP contribution is -2.34. The molecule has 0 fully saturated rings. The molecule has 1 aromatic heterocycles. The highest BCUT2D eigenvalue weighted by molar-refractivity contribution is 5.92. The van der Waals surface area contributed by atoms with Crippen LogP contribution in [0.2, 0.25) is 0 Å². The lowest BCUT2D eigenvalue weighted by molar-refractivity contribution is -0.145. The maximum absolute atomic E-state index is 12.1. The van der Waals surface area contributed by atoms with E-state index in [-0.39, 0.29) is 24.3 Å². The van der Waals surface area contributed by atoms with Crippen LogP contribution in [-0.4, -0.2) is 53.6 Å². The quantitative estimate of drug-likeness (QED) is 0.717. The molecule has 2 N–H and O–H groups in total. The summed E-state index contributed by atoms with van der Waals surface area (Å²) in [5.74, 6) is -0.940. The Hall–Kier alpha value is -1.89. The summed E-state index contributed by atoms with van der Waals surface area (Å²) in [6, 6.07) is 0. The molecule has 106 valence electrons. The van der Waals surface area contributed by atoms with Crippen molar-refractivity contribution in [3.8, 4) is 0 Å². The predicted molar refractivity (Wildman–Crippen MR) is 69.4 cm³/mol. The minimum atomic E-state index is -0.370. The molecule has 19 heavy (non-hydrogen) atoms. The van der Waals surface area contributed by atoms with E-state index < -0.39 is 0 Å². The average Bonchev–Trinajstić information content (AvgIpc) is 2.85. The van der Waals surface area contributed by atoms with E-state index in [4.69, 9.17) is 5.73 Å². The SMILES string of the molecule is COC(=O)C(C)CN(C)C(=O)c1cn(CCN)cn1. The molecule has 1 atom stereocenters. The zero-order chi connectivity index (χ0) is 14.4. The summed E-state index contributed by atoms with van der Waals surface area (Å²) in [7, 11) is 2.96. The molecule has 1 unspecified atom stereocenters. The van der Waals surface area contributed by atoms with Gasteiger partial charge in [0.15, 0.2) is 0 Å². The molecule has 0 aliphatic rings. The Kier molecular flexibility index (Phi) is 5.50. The average molecular weight is 268 g/mol. The van der Waals surface area contributed by atoms with Crippen molar-refractivity contribution in [2.45, 2.75) is 13.5 Å². The van der Waals surface area contributed by atoms with E-state index in [1.165, 1.54) is 12.0 Å². The summed E-state index contributed by atoms with van der Waals surface area (Å²) in [4.78, 5) is 28.9. The molecule has 0 saturated carbocycles. The van der Waals surface area contributed by atoms with Crippen molar-refractivity contribution >= 4 is 11.9 Å². The second-order valence-electron chi connectivity index (χ2n) is 4.40. The normalized spacial score (nSPS) is 12.0. The molecule has 7 nitrogen and oxygen atoms in total. The van der Waals surface area contributed by atoms with Crippen LogP contribution in [0.5, 0.6) is 0 Å². The number of methoxy groups -OCH3 is 1. The number of nitrogens with two attached hydrogens (primary N) is 1. The van der Waals surface area contributed by atoms with Gasteiger partial charge in [-0.3, -0.25) is 9.59 Å². The molecule has 1 aromatic rings. The van der Waals surface area contributed by atoms with Gasteiger partial charge in [-0.15, -0.1) is 0 Å². The third-order valence-electron chi connectivity index (χ3n) is 2.74. The molecule has 0 radical (unpaired) electrons. The van der Waals surface area contributed by atoms with Crippen LogP contribution >= 0.6 is 0 Å². The van der Waals surface area contributed by atoms with E-state index in [1.54, 1.807) is 31.1 Å². The van der Waals surface area contributed by atoms with Crippen molar-refractivity contribution in [3.63, 3.8) is 0 Å². The molecule has 1 heterocycles. The van der Waals surface area contributed by atoms with Crippen molar-refractivity contribution in [1.82, 2.24) is 14.5 Å². The van der Waals surface area contributed by atoms with Crippen LogP contribution in [0.3, 0.4) is 0 Å². The van der Waals surface area contributed by atoms with Crippen molar-refractivity contribution < 1.29 is 14.3 Å². The smallest absolute Gasteiger partial charge is 0.310 e. The van der Waals surface area contributed by atoms with Gasteiger partial charge in [0.2, 0.25) is 0 Å². The van der Waals surface area contributed by atoms with Crippen LogP contribution in [0.1, 0.15) is 17.4 Å². The number of hydrogen-bond acceptors (Lipinski definition) is 5. The number of rotatable bonds is 6. The van der Waals surface area contributed by atoms with E-state index in [0.717, 1.165) is 0 Å². The predicted octanol–water partition coefficient (Wildman–Crippen LogP) is -0.277. The van der Waals surface area contributed by atoms with Gasteiger partial charge in [-0.1, -0.05) is 6.92 Å². The number of nitrogens with zero attached hydrogens (tertiary/aromatic N) is 3. The summed E-state index contributed by atoms with van der Waals surface area (Å²) < 4.78 is 6.38. The standard InChI is InChI=1S/C12H20N4O3/c1-9(12(18)19-3)6-15(2)11(17)10-7-16(5-4-13)8-14-10/h7-9H,4-6,13H2,1-3H3. The fourth-order valence-electron chi connectivity index (χ4n) is 1.71. The summed E-state index contributed by atoms with van der Waals surface area (Å²) in [6.45, 7) is 3.10. The van der Waals surface area contributed by atoms with E-state index in [1.807, 2.05) is 0 Å². The van der Waals surface area contributed by atoms with Crippen molar-refractivity contribution in [1.29, 1.82) is 0 Å². The fourth-order valence-corrected chi connectivity index (χ4v) is 1.71. The van der Waals surface area contributed by atoms with Gasteiger partial charge >= 0.3 is 5.97 Å². The highest BCUT2D eigenvalue weighted by atomic mass is 16.5. The number of hydrogen-bond donors (Lipinski definition) is 1. The zero-order valence-electron chi connectivity index (χ0n) is 11.5. The fraction of sp³-hybridized carbons (Fsp3) is 0.583. The first-order valence-corrected chi connectivity index (χ1v) is 6.04. The Labute approximate surface area is 112 Å². The van der Waals surface area contributed by atoms with Gasteiger partial charge in [0.05, 0.1) is 19.4 Å². The molecule has 0 spiro atoms. The number of amides is 1. The van der Waals surface area contributed by atoms with Gasteiger partial charge in [-0.2, -0.15) is 0 Å². The molecule has 0 saturated heterocycles. The minimum absolute atomic E-state index is 0.230. The van der Waals surface area contributed by atoms with Crippen molar-refractivity contribution in [2.24, 2.45) is 11.7 Å². The number of imidazole rings is 1. The number of aromatic nitrogens is 2. The number of esters is 1. The minimum Gasteiger partial charge on any atom is -0.469 e. The Bertz CT molecular complexity index is 444. The number of ether oxygens (including phenoxy) is 1. The van der Waals surface area contributed by atoms with Crippen molar-refractivity contribution in [3.05, 3.63) is 18.2 Å². The third-order valence-corrected chi connectivity index (χ3v) is 2.74. The maximum Gasteiger partial charge on any atom is 0.310 e. The maximum atomic E-state index is 12.1. The lowest BCUT2D eigenvalue weighted by Gasteiger charge is -2.19. The number of carbonyl (C=O) groups excluding carboxylic acids is 2. The molecule has 0 aliphatic carbocycles. The lowest BCUT2D eigenvalue weighted by atomic mass is 10.1. The first-order valence-electron chi connectivity index (χ1n) is 6.04. The highest BCUT2D eigenvalue weighted by Crippen LogP contribution is 2.05. The monoisotopic (exact) mass is 268 g/mol. The van der Waals surface area contributed by atoms with Crippen LogP contribution in [0.4, 0.5) is 0 Å². The highest BCUT2D eigenvalue weighted by Gasteiger charge is 2.20. The summed E-state index contributed by atoms with van der Waals surface area (Å²) >= 11 is 0. The molecule has 1 rings (SSSR count). The Morgan fingerprint density at radius 3 is 2.84 bits per heavy atom. The summed E-state index contributed by atoms with van der Waals surface area (Å²) in [6.07, 6.45) is 3.21. The Morgan fingerprint density at radius 1 is 1.58 bits per heavy atom. The molecule has 0 bridgehead atoms. The molecule has 7 heteroatoms. The first-order chi connectivity index (χ1) is 8.99. The molecular formula is C12H20N4O3. The second kappa shape index (κ2) is 6.89. The van der Waals surface area contributed by atoms with Gasteiger partial charge in [0, 0.05) is 32.9 Å². The van der Waals surface area contributed by atoms with Crippen LogP contribution in [0, 0.1) is 5.92 Å². The van der Waals surface area contributed by atoms with Gasteiger partial charge in [0.1, 0.15) is 5.69 Å². The molecular weight excluding hydrogens is 248 g/mol. The summed E-state index contributed by atoms with van der Waals surface area (Å²) in [5, 5.41) is 0. The van der Waals surface area contributed by atoms with E-state index >= 15 is 0 Å². The first kappa shape index (κ1) is 15.2. The van der Waals surface area contributed by atoms with Crippen LogP contribution in [0.25, 0.3) is 0 Å². The molecule has 0 aromatic carbocycles. The zero-order valence-corrected chi connectivity index (χ0v) is 11.5. The van der Waals surface area contributed by atoms with E-state index in [0.29, 0.717) is 18.8 Å². The van der Waals surface area contributed by atoms with Crippen LogP contribution in [-0.2, 0) is 16.1 Å². The topological polar surface area (TPSA) is 90.5 Å².